The largest absolute Gasteiger partial charge is 0.342 e. The summed E-state index contributed by atoms with van der Waals surface area (Å²) in [7, 11) is 0. The third kappa shape index (κ3) is 4.44. The molecule has 4 rings (SSSR count). The van der Waals surface area contributed by atoms with Crippen molar-refractivity contribution in [3.63, 3.8) is 0 Å². The zero-order valence-electron chi connectivity index (χ0n) is 17.0. The minimum atomic E-state index is -1.07. The van der Waals surface area contributed by atoms with E-state index in [1.165, 1.54) is 9.96 Å². The number of carbonyl (C=O) groups excluding carboxylic acids is 2. The van der Waals surface area contributed by atoms with Crippen molar-refractivity contribution in [2.24, 2.45) is 0 Å². The van der Waals surface area contributed by atoms with Gasteiger partial charge in [-0.2, -0.15) is 0 Å². The summed E-state index contributed by atoms with van der Waals surface area (Å²) < 4.78 is 40.9. The Kier molecular flexibility index (Phi) is 6.00. The lowest BCUT2D eigenvalue weighted by atomic mass is 9.85. The molecule has 0 bridgehead atoms. The van der Waals surface area contributed by atoms with E-state index in [1.807, 2.05) is 30.3 Å². The van der Waals surface area contributed by atoms with E-state index in [-0.39, 0.29) is 12.5 Å². The second-order valence-electron chi connectivity index (χ2n) is 8.08. The summed E-state index contributed by atoms with van der Waals surface area (Å²) in [5.41, 5.74) is 0.0403. The van der Waals surface area contributed by atoms with Crippen molar-refractivity contribution in [2.75, 3.05) is 13.1 Å². The Balaban J connectivity index is 1.38. The van der Waals surface area contributed by atoms with Crippen LogP contribution in [0.2, 0.25) is 0 Å². The van der Waals surface area contributed by atoms with Crippen LogP contribution >= 0.6 is 0 Å². The molecule has 2 fully saturated rings. The summed E-state index contributed by atoms with van der Waals surface area (Å²) in [5.74, 6) is -3.67. The van der Waals surface area contributed by atoms with Crippen molar-refractivity contribution in [3.05, 3.63) is 71.0 Å². The van der Waals surface area contributed by atoms with Gasteiger partial charge in [0, 0.05) is 37.2 Å². The molecule has 2 amide bonds. The van der Waals surface area contributed by atoms with E-state index in [0.29, 0.717) is 50.9 Å². The van der Waals surface area contributed by atoms with Crippen molar-refractivity contribution in [1.29, 1.82) is 0 Å². The Bertz CT molecular complexity index is 952. The number of carbonyl (C=O) groups is 2. The lowest BCUT2D eigenvalue weighted by Gasteiger charge is -2.43. The van der Waals surface area contributed by atoms with E-state index >= 15 is 0 Å². The van der Waals surface area contributed by atoms with E-state index in [0.717, 1.165) is 5.56 Å². The van der Waals surface area contributed by atoms with Gasteiger partial charge in [0.1, 0.15) is 24.1 Å². The van der Waals surface area contributed by atoms with Crippen LogP contribution in [-0.2, 0) is 27.5 Å². The summed E-state index contributed by atoms with van der Waals surface area (Å²) in [6.45, 7) is 0.976. The number of hydrogen-bond donors (Lipinski definition) is 0. The molecule has 2 aliphatic rings. The van der Waals surface area contributed by atoms with Gasteiger partial charge < -0.3 is 4.90 Å². The van der Waals surface area contributed by atoms with Crippen LogP contribution < -0.4 is 0 Å². The molecular formula is C23H23F3N2O3. The zero-order chi connectivity index (χ0) is 22.0. The van der Waals surface area contributed by atoms with Gasteiger partial charge in [-0.15, -0.1) is 0 Å². The smallest absolute Gasteiger partial charge is 0.246 e. The maximum atomic E-state index is 13.9. The molecular weight excluding hydrogens is 409 g/mol. The molecule has 0 aliphatic carbocycles. The lowest BCUT2D eigenvalue weighted by molar-refractivity contribution is -0.222. The topological polar surface area (TPSA) is 49.9 Å². The number of likely N-dealkylation sites (tertiary alicyclic amines) is 1. The van der Waals surface area contributed by atoms with Crippen LogP contribution in [0.1, 0.15) is 36.8 Å². The molecule has 2 aromatic rings. The van der Waals surface area contributed by atoms with Crippen molar-refractivity contribution in [3.8, 4) is 0 Å². The van der Waals surface area contributed by atoms with Gasteiger partial charge in [0.2, 0.25) is 11.8 Å². The minimum absolute atomic E-state index is 0.0776. The Morgan fingerprint density at radius 1 is 1.00 bits per heavy atom. The first kappa shape index (κ1) is 21.4. The zero-order valence-corrected chi connectivity index (χ0v) is 17.0. The third-order valence-electron chi connectivity index (χ3n) is 6.15. The molecule has 8 heteroatoms. The highest BCUT2D eigenvalue weighted by Gasteiger charge is 2.48. The molecule has 0 N–H and O–H groups in total. The lowest BCUT2D eigenvalue weighted by Crippen LogP contribution is -2.54. The molecule has 0 radical (unpaired) electrons. The predicted octanol–water partition coefficient (Wildman–Crippen LogP) is 3.76. The Morgan fingerprint density at radius 2 is 1.65 bits per heavy atom. The predicted molar refractivity (Wildman–Crippen MR) is 106 cm³/mol. The van der Waals surface area contributed by atoms with Gasteiger partial charge in [0.15, 0.2) is 0 Å². The van der Waals surface area contributed by atoms with Crippen LogP contribution in [0.4, 0.5) is 13.2 Å². The van der Waals surface area contributed by atoms with Crippen LogP contribution in [0, 0.1) is 17.5 Å². The van der Waals surface area contributed by atoms with E-state index in [4.69, 9.17) is 4.84 Å². The summed E-state index contributed by atoms with van der Waals surface area (Å²) in [6.07, 6.45) is 1.60. The normalized spacial score (nSPS) is 18.1. The molecule has 2 heterocycles. The average molecular weight is 432 g/mol. The van der Waals surface area contributed by atoms with Gasteiger partial charge in [-0.3, -0.25) is 14.4 Å². The first-order valence-electron chi connectivity index (χ1n) is 10.3. The molecule has 2 aromatic carbocycles. The molecule has 0 saturated carbocycles. The van der Waals surface area contributed by atoms with E-state index in [1.54, 1.807) is 0 Å². The summed E-state index contributed by atoms with van der Waals surface area (Å²) in [5, 5.41) is 1.47. The number of piperidine rings is 1. The van der Waals surface area contributed by atoms with Gasteiger partial charge in [-0.05, 0) is 24.8 Å². The van der Waals surface area contributed by atoms with Crippen molar-refractivity contribution in [2.45, 2.75) is 44.2 Å². The molecule has 31 heavy (non-hydrogen) atoms. The van der Waals surface area contributed by atoms with Crippen LogP contribution in [0.5, 0.6) is 0 Å². The SMILES string of the molecule is O=C(Cc1c(F)cc(F)cc1F)N1CCC2(CCC(=O)N2OCc2ccccc2)CC1. The van der Waals surface area contributed by atoms with Gasteiger partial charge in [0.25, 0.3) is 0 Å². The van der Waals surface area contributed by atoms with Crippen molar-refractivity contribution in [1.82, 2.24) is 9.96 Å². The standard InChI is InChI=1S/C23H23F3N2O3/c24-17-12-19(25)18(20(26)13-17)14-22(30)27-10-8-23(9-11-27)7-6-21(29)28(23)31-15-16-4-2-1-3-5-16/h1-5,12-13H,6-11,14-15H2. The van der Waals surface area contributed by atoms with Crippen molar-refractivity contribution >= 4 is 11.8 Å². The first-order chi connectivity index (χ1) is 14.9. The van der Waals surface area contributed by atoms with E-state index in [2.05, 4.69) is 0 Å². The van der Waals surface area contributed by atoms with Gasteiger partial charge in [-0.25, -0.2) is 18.2 Å². The fraction of sp³-hybridized carbons (Fsp3) is 0.391. The second kappa shape index (κ2) is 8.70. The first-order valence-corrected chi connectivity index (χ1v) is 10.3. The van der Waals surface area contributed by atoms with Crippen LogP contribution in [0.15, 0.2) is 42.5 Å². The number of nitrogens with zero attached hydrogens (tertiary/aromatic N) is 2. The third-order valence-corrected chi connectivity index (χ3v) is 6.15. The maximum absolute atomic E-state index is 13.9. The van der Waals surface area contributed by atoms with Crippen molar-refractivity contribution < 1.29 is 27.6 Å². The highest BCUT2D eigenvalue weighted by Crippen LogP contribution is 2.39. The fourth-order valence-electron chi connectivity index (χ4n) is 4.36. The molecule has 0 atom stereocenters. The summed E-state index contributed by atoms with van der Waals surface area (Å²) in [6, 6.07) is 10.7. The monoisotopic (exact) mass is 432 g/mol. The number of rotatable bonds is 5. The molecule has 1 spiro atoms. The van der Waals surface area contributed by atoms with Crippen LogP contribution in [0.25, 0.3) is 0 Å². The second-order valence-corrected chi connectivity index (χ2v) is 8.08. The molecule has 164 valence electrons. The summed E-state index contributed by atoms with van der Waals surface area (Å²) in [4.78, 5) is 32.4. The number of halogens is 3. The highest BCUT2D eigenvalue weighted by molar-refractivity contribution is 5.80. The Labute approximate surface area is 178 Å². The van der Waals surface area contributed by atoms with Gasteiger partial charge in [0.05, 0.1) is 12.0 Å². The Hall–Kier alpha value is -2.87. The van der Waals surface area contributed by atoms with Gasteiger partial charge >= 0.3 is 0 Å². The van der Waals surface area contributed by atoms with Crippen LogP contribution in [-0.4, -0.2) is 40.4 Å². The summed E-state index contributed by atoms with van der Waals surface area (Å²) >= 11 is 0. The van der Waals surface area contributed by atoms with Gasteiger partial charge in [-0.1, -0.05) is 30.3 Å². The Morgan fingerprint density at radius 3 is 2.29 bits per heavy atom. The number of benzene rings is 2. The molecule has 2 saturated heterocycles. The fourth-order valence-corrected chi connectivity index (χ4v) is 4.36. The van der Waals surface area contributed by atoms with E-state index < -0.39 is 40.9 Å². The maximum Gasteiger partial charge on any atom is 0.246 e. The number of amides is 2. The molecule has 5 nitrogen and oxygen atoms in total. The molecule has 0 aromatic heterocycles. The molecule has 2 aliphatic heterocycles. The number of hydrogen-bond acceptors (Lipinski definition) is 3. The minimum Gasteiger partial charge on any atom is -0.342 e. The molecule has 0 unspecified atom stereocenters. The highest BCUT2D eigenvalue weighted by atomic mass is 19.1. The van der Waals surface area contributed by atoms with E-state index in [9.17, 15) is 22.8 Å². The average Bonchev–Trinajstić information content (AvgIpc) is 3.05. The van der Waals surface area contributed by atoms with Crippen LogP contribution in [0.3, 0.4) is 0 Å². The number of hydroxylamine groups is 2. The quantitative estimate of drug-likeness (QED) is 0.723.